The van der Waals surface area contributed by atoms with E-state index in [1.165, 1.54) is 0 Å². The summed E-state index contributed by atoms with van der Waals surface area (Å²) in [6, 6.07) is 25.4. The Morgan fingerprint density at radius 1 is 0.619 bits per heavy atom. The van der Waals surface area contributed by atoms with Gasteiger partial charge < -0.3 is 28.4 Å². The highest BCUT2D eigenvalue weighted by molar-refractivity contribution is 5.96. The van der Waals surface area contributed by atoms with E-state index in [4.69, 9.17) is 28.4 Å². The van der Waals surface area contributed by atoms with E-state index in [1.54, 1.807) is 42.6 Å². The molecule has 2 aliphatic rings. The number of pyridine rings is 1. The molecule has 2 fully saturated rings. The Labute approximate surface area is 240 Å². The van der Waals surface area contributed by atoms with Crippen LogP contribution in [-0.4, -0.2) is 55.6 Å². The number of benzene rings is 4. The van der Waals surface area contributed by atoms with Crippen molar-refractivity contribution in [3.05, 3.63) is 102 Å². The third-order valence-electron chi connectivity index (χ3n) is 6.86. The Morgan fingerprint density at radius 2 is 1.10 bits per heavy atom. The number of esters is 2. The van der Waals surface area contributed by atoms with Crippen LogP contribution in [0.4, 0.5) is 0 Å². The molecule has 5 aromatic rings. The van der Waals surface area contributed by atoms with Crippen LogP contribution in [0.25, 0.3) is 21.5 Å². The SMILES string of the molecule is O=C(OCC1CO1)c1ccc2cc(Oc3ccnc(Oc4ccc5cc(C(=O)OCC6CO6)ccc5c4)c3)ccc2c1. The van der Waals surface area contributed by atoms with Crippen LogP contribution in [0.2, 0.25) is 0 Å². The Hall–Kier alpha value is -4.99. The smallest absolute Gasteiger partial charge is 0.338 e. The monoisotopic (exact) mass is 563 g/mol. The van der Waals surface area contributed by atoms with Gasteiger partial charge in [-0.1, -0.05) is 24.3 Å². The molecule has 9 heteroatoms. The topological polar surface area (TPSA) is 109 Å². The molecule has 2 saturated heterocycles. The molecule has 0 N–H and O–H groups in total. The van der Waals surface area contributed by atoms with Crippen molar-refractivity contribution in [1.82, 2.24) is 4.98 Å². The fourth-order valence-electron chi connectivity index (χ4n) is 4.43. The largest absolute Gasteiger partial charge is 0.459 e. The lowest BCUT2D eigenvalue weighted by atomic mass is 10.1. The Kier molecular flexibility index (Phi) is 6.87. The second-order valence-electron chi connectivity index (χ2n) is 10.1. The molecule has 0 amide bonds. The number of aromatic nitrogens is 1. The minimum absolute atomic E-state index is 0.0271. The number of hydrogen-bond donors (Lipinski definition) is 0. The minimum atomic E-state index is -0.371. The van der Waals surface area contributed by atoms with Crippen LogP contribution in [0.1, 0.15) is 20.7 Å². The van der Waals surface area contributed by atoms with Crippen molar-refractivity contribution < 1.29 is 38.0 Å². The van der Waals surface area contributed by atoms with E-state index < -0.39 is 0 Å². The normalized spacial score (nSPS) is 17.0. The number of fused-ring (bicyclic) bond motifs is 2. The zero-order valence-electron chi connectivity index (χ0n) is 22.4. The molecular weight excluding hydrogens is 538 g/mol. The highest BCUT2D eigenvalue weighted by atomic mass is 16.6. The molecule has 0 aliphatic carbocycles. The summed E-state index contributed by atoms with van der Waals surface area (Å²) in [7, 11) is 0. The van der Waals surface area contributed by atoms with Crippen molar-refractivity contribution in [1.29, 1.82) is 0 Å². The standard InChI is InChI=1S/C33H25NO8/c35-32(39-18-29-16-37-29)24-3-1-22-13-26(7-5-20(22)11-24)41-28-9-10-34-31(15-28)42-27-8-6-21-12-25(4-2-23(21)14-27)33(36)40-19-30-17-38-30/h1-15,29-30H,16-19H2. The quantitative estimate of drug-likeness (QED) is 0.147. The van der Waals surface area contributed by atoms with Crippen molar-refractivity contribution in [2.24, 2.45) is 0 Å². The molecule has 42 heavy (non-hydrogen) atoms. The molecule has 0 bridgehead atoms. The third-order valence-corrected chi connectivity index (χ3v) is 6.86. The second-order valence-corrected chi connectivity index (χ2v) is 10.1. The van der Waals surface area contributed by atoms with Crippen molar-refractivity contribution in [2.45, 2.75) is 12.2 Å². The van der Waals surface area contributed by atoms with Gasteiger partial charge in [-0.05, 0) is 76.1 Å². The van der Waals surface area contributed by atoms with Gasteiger partial charge in [0.2, 0.25) is 5.88 Å². The van der Waals surface area contributed by atoms with Crippen LogP contribution in [0, 0.1) is 0 Å². The summed E-state index contributed by atoms with van der Waals surface area (Å²) in [4.78, 5) is 28.9. The highest BCUT2D eigenvalue weighted by Gasteiger charge is 2.25. The number of epoxide rings is 2. The summed E-state index contributed by atoms with van der Waals surface area (Å²) in [6.45, 7) is 1.83. The van der Waals surface area contributed by atoms with Gasteiger partial charge in [0.1, 0.15) is 42.7 Å². The molecule has 3 heterocycles. The van der Waals surface area contributed by atoms with E-state index in [-0.39, 0.29) is 37.4 Å². The Morgan fingerprint density at radius 3 is 1.64 bits per heavy atom. The molecule has 0 spiro atoms. The highest BCUT2D eigenvalue weighted by Crippen LogP contribution is 2.31. The number of carbonyl (C=O) groups is 2. The predicted octanol–water partition coefficient (Wildman–Crippen LogP) is 6.08. The number of carbonyl (C=O) groups excluding carboxylic acids is 2. The van der Waals surface area contributed by atoms with Crippen molar-refractivity contribution >= 4 is 33.5 Å². The van der Waals surface area contributed by atoms with Crippen molar-refractivity contribution in [3.8, 4) is 23.1 Å². The number of hydrogen-bond acceptors (Lipinski definition) is 9. The number of nitrogens with zero attached hydrogens (tertiary/aromatic N) is 1. The summed E-state index contributed by atoms with van der Waals surface area (Å²) in [5, 5.41) is 3.61. The molecule has 0 radical (unpaired) electrons. The van der Waals surface area contributed by atoms with Gasteiger partial charge in [0.15, 0.2) is 0 Å². The third kappa shape index (κ3) is 6.17. The van der Waals surface area contributed by atoms with Gasteiger partial charge in [-0.25, -0.2) is 14.6 Å². The van der Waals surface area contributed by atoms with Crippen LogP contribution in [0.5, 0.6) is 23.1 Å². The zero-order valence-corrected chi connectivity index (χ0v) is 22.4. The van der Waals surface area contributed by atoms with Gasteiger partial charge in [-0.15, -0.1) is 0 Å². The first-order valence-electron chi connectivity index (χ1n) is 13.5. The van der Waals surface area contributed by atoms with E-state index in [0.29, 0.717) is 47.5 Å². The molecule has 210 valence electrons. The molecule has 2 unspecified atom stereocenters. The predicted molar refractivity (Wildman–Crippen MR) is 152 cm³/mol. The van der Waals surface area contributed by atoms with Crippen LogP contribution in [0.3, 0.4) is 0 Å². The summed E-state index contributed by atoms with van der Waals surface area (Å²) in [5.41, 5.74) is 0.975. The maximum atomic E-state index is 12.3. The zero-order chi connectivity index (χ0) is 28.5. The summed E-state index contributed by atoms with van der Waals surface area (Å²) < 4.78 is 32.8. The van der Waals surface area contributed by atoms with Crippen LogP contribution in [0.15, 0.2) is 91.1 Å². The minimum Gasteiger partial charge on any atom is -0.459 e. The van der Waals surface area contributed by atoms with Gasteiger partial charge >= 0.3 is 11.9 Å². The van der Waals surface area contributed by atoms with Crippen LogP contribution in [-0.2, 0) is 18.9 Å². The van der Waals surface area contributed by atoms with E-state index in [9.17, 15) is 9.59 Å². The molecule has 2 aliphatic heterocycles. The van der Waals surface area contributed by atoms with Gasteiger partial charge in [0.25, 0.3) is 0 Å². The molecule has 7 rings (SSSR count). The van der Waals surface area contributed by atoms with Crippen molar-refractivity contribution in [3.63, 3.8) is 0 Å². The van der Waals surface area contributed by atoms with E-state index in [0.717, 1.165) is 21.5 Å². The fraction of sp³-hybridized carbons (Fsp3) is 0.182. The van der Waals surface area contributed by atoms with E-state index in [2.05, 4.69) is 4.98 Å². The first kappa shape index (κ1) is 25.9. The van der Waals surface area contributed by atoms with E-state index in [1.807, 2.05) is 48.5 Å². The summed E-state index contributed by atoms with van der Waals surface area (Å²) >= 11 is 0. The molecule has 1 aromatic heterocycles. The van der Waals surface area contributed by atoms with Crippen LogP contribution >= 0.6 is 0 Å². The number of ether oxygens (including phenoxy) is 6. The molecule has 9 nitrogen and oxygen atoms in total. The van der Waals surface area contributed by atoms with Crippen molar-refractivity contribution in [2.75, 3.05) is 26.4 Å². The van der Waals surface area contributed by atoms with Crippen LogP contribution < -0.4 is 9.47 Å². The number of rotatable bonds is 10. The lowest BCUT2D eigenvalue weighted by Gasteiger charge is -2.10. The first-order valence-corrected chi connectivity index (χ1v) is 13.5. The Bertz CT molecular complexity index is 1680. The molecular formula is C33H25NO8. The van der Waals surface area contributed by atoms with Gasteiger partial charge in [0, 0.05) is 12.3 Å². The Balaban J connectivity index is 1.01. The van der Waals surface area contributed by atoms with E-state index >= 15 is 0 Å². The van der Waals surface area contributed by atoms with Gasteiger partial charge in [0.05, 0.1) is 24.3 Å². The first-order chi connectivity index (χ1) is 20.6. The summed E-state index contributed by atoms with van der Waals surface area (Å²) in [6.07, 6.45) is 1.67. The molecule has 0 saturated carbocycles. The average Bonchev–Trinajstić information content (AvgIpc) is 3.94. The second kappa shape index (κ2) is 11.1. The summed E-state index contributed by atoms with van der Waals surface area (Å²) in [5.74, 6) is 1.42. The lowest BCUT2D eigenvalue weighted by molar-refractivity contribution is 0.0469. The molecule has 2 atom stereocenters. The van der Waals surface area contributed by atoms with Gasteiger partial charge in [-0.3, -0.25) is 0 Å². The van der Waals surface area contributed by atoms with Gasteiger partial charge in [-0.2, -0.15) is 0 Å². The maximum Gasteiger partial charge on any atom is 0.338 e. The fourth-order valence-corrected chi connectivity index (χ4v) is 4.43. The molecule has 4 aromatic carbocycles. The maximum absolute atomic E-state index is 12.3. The lowest BCUT2D eigenvalue weighted by Crippen LogP contribution is -2.09. The average molecular weight is 564 g/mol.